The summed E-state index contributed by atoms with van der Waals surface area (Å²) in [6, 6.07) is 13.8. The molecule has 158 valence electrons. The van der Waals surface area contributed by atoms with E-state index in [9.17, 15) is 4.79 Å². The van der Waals surface area contributed by atoms with Crippen molar-refractivity contribution < 1.29 is 4.79 Å². The predicted octanol–water partition coefficient (Wildman–Crippen LogP) is 3.17. The number of hydrogen-bond donors (Lipinski definition) is 2. The fourth-order valence-corrected chi connectivity index (χ4v) is 4.70. The zero-order chi connectivity index (χ0) is 20.8. The number of aromatic nitrogens is 1. The Balaban J connectivity index is 1.49. The van der Waals surface area contributed by atoms with E-state index in [1.54, 1.807) is 6.92 Å². The lowest BCUT2D eigenvalue weighted by Gasteiger charge is -2.38. The van der Waals surface area contributed by atoms with Crippen LogP contribution in [0.2, 0.25) is 0 Å². The Morgan fingerprint density at radius 3 is 2.90 bits per heavy atom. The summed E-state index contributed by atoms with van der Waals surface area (Å²) in [6.45, 7) is 4.92. The molecule has 2 aliphatic rings. The molecule has 5 heteroatoms. The van der Waals surface area contributed by atoms with Crippen molar-refractivity contribution in [3.05, 3.63) is 77.1 Å². The van der Waals surface area contributed by atoms with Gasteiger partial charge in [-0.15, -0.1) is 0 Å². The van der Waals surface area contributed by atoms with Crippen LogP contribution in [0.3, 0.4) is 0 Å². The van der Waals surface area contributed by atoms with Gasteiger partial charge in [0.15, 0.2) is 0 Å². The molecule has 0 spiro atoms. The molecular formula is C25H32N4O. The van der Waals surface area contributed by atoms with Gasteiger partial charge in [-0.05, 0) is 48.4 Å². The Labute approximate surface area is 179 Å². The number of rotatable bonds is 7. The van der Waals surface area contributed by atoms with Gasteiger partial charge in [-0.1, -0.05) is 42.5 Å². The first-order valence-corrected chi connectivity index (χ1v) is 11.1. The third kappa shape index (κ3) is 5.15. The Bertz CT molecular complexity index is 894. The molecular weight excluding hydrogens is 372 g/mol. The number of pyridine rings is 1. The van der Waals surface area contributed by atoms with Crippen molar-refractivity contribution in [2.24, 2.45) is 0 Å². The first kappa shape index (κ1) is 20.8. The number of nitrogens with one attached hydrogen (secondary N) is 2. The lowest BCUT2D eigenvalue weighted by atomic mass is 9.89. The molecule has 0 bridgehead atoms. The molecule has 0 fully saturated rings. The van der Waals surface area contributed by atoms with Gasteiger partial charge in [-0.25, -0.2) is 0 Å². The van der Waals surface area contributed by atoms with Crippen LogP contribution in [-0.4, -0.2) is 41.5 Å². The number of benzene rings is 1. The van der Waals surface area contributed by atoms with E-state index in [1.165, 1.54) is 28.8 Å². The number of nitrogens with zero attached hydrogens (tertiary/aromatic N) is 2. The third-order valence-corrected chi connectivity index (χ3v) is 6.20. The molecule has 30 heavy (non-hydrogen) atoms. The molecule has 2 N–H and O–H groups in total. The van der Waals surface area contributed by atoms with E-state index in [0.717, 1.165) is 38.9 Å². The maximum atomic E-state index is 11.1. The quantitative estimate of drug-likeness (QED) is 0.696. The highest BCUT2D eigenvalue weighted by Gasteiger charge is 2.29. The number of amides is 1. The molecule has 0 saturated heterocycles. The average Bonchev–Trinajstić information content (AvgIpc) is 2.77. The Morgan fingerprint density at radius 2 is 2.03 bits per heavy atom. The molecule has 5 nitrogen and oxygen atoms in total. The zero-order valence-electron chi connectivity index (χ0n) is 17.8. The second kappa shape index (κ2) is 10.0. The van der Waals surface area contributed by atoms with Crippen molar-refractivity contribution in [1.29, 1.82) is 0 Å². The highest BCUT2D eigenvalue weighted by molar-refractivity contribution is 5.72. The van der Waals surface area contributed by atoms with Crippen molar-refractivity contribution in [2.45, 2.75) is 51.2 Å². The summed E-state index contributed by atoms with van der Waals surface area (Å²) in [6.07, 6.45) is 10.7. The van der Waals surface area contributed by atoms with Crippen LogP contribution in [0.5, 0.6) is 0 Å². The van der Waals surface area contributed by atoms with Crippen LogP contribution in [0, 0.1) is 0 Å². The van der Waals surface area contributed by atoms with Gasteiger partial charge in [-0.2, -0.15) is 0 Å². The molecule has 1 aliphatic carbocycles. The summed E-state index contributed by atoms with van der Waals surface area (Å²) >= 11 is 0. The molecule has 0 radical (unpaired) electrons. The van der Waals surface area contributed by atoms with Crippen LogP contribution in [0.4, 0.5) is 0 Å². The summed E-state index contributed by atoms with van der Waals surface area (Å²) in [5.41, 5.74) is 5.52. The Hall–Kier alpha value is -2.50. The molecule has 2 aromatic rings. The Morgan fingerprint density at radius 1 is 1.20 bits per heavy atom. The summed E-state index contributed by atoms with van der Waals surface area (Å²) in [5, 5.41) is 6.58. The highest BCUT2D eigenvalue weighted by atomic mass is 16.1. The summed E-state index contributed by atoms with van der Waals surface area (Å²) in [5.74, 6) is 0.00647. The van der Waals surface area contributed by atoms with E-state index in [1.807, 2.05) is 6.20 Å². The summed E-state index contributed by atoms with van der Waals surface area (Å²) < 4.78 is 0. The molecule has 1 amide bonds. The van der Waals surface area contributed by atoms with Crippen LogP contribution in [0.25, 0.3) is 0 Å². The maximum absolute atomic E-state index is 11.1. The van der Waals surface area contributed by atoms with Crippen LogP contribution < -0.4 is 10.6 Å². The summed E-state index contributed by atoms with van der Waals surface area (Å²) in [4.78, 5) is 18.5. The van der Waals surface area contributed by atoms with Gasteiger partial charge in [0.1, 0.15) is 0 Å². The SMILES string of the molecule is CC(=O)NC/C=C\CN(C[C@H]1Cc2ccccc2CN1)[C@H]1CCCc2cccnc21. The van der Waals surface area contributed by atoms with Crippen molar-refractivity contribution in [3.63, 3.8) is 0 Å². The molecule has 0 unspecified atom stereocenters. The molecule has 4 rings (SSSR count). The summed E-state index contributed by atoms with van der Waals surface area (Å²) in [7, 11) is 0. The van der Waals surface area contributed by atoms with Crippen LogP contribution in [0.15, 0.2) is 54.7 Å². The number of hydrogen-bond acceptors (Lipinski definition) is 4. The van der Waals surface area contributed by atoms with Crippen molar-refractivity contribution in [2.75, 3.05) is 19.6 Å². The second-order valence-electron chi connectivity index (χ2n) is 8.37. The standard InChI is InChI=1S/C25H32N4O/c1-19(30)26-13-4-5-15-29(24-12-6-10-20-11-7-14-27-25(20)24)18-23-16-21-8-2-3-9-22(21)17-28-23/h2-5,7-9,11,14,23-24,28H,6,10,12-13,15-18H2,1H3,(H,26,30)/b5-4-/t23-,24+/m1/s1. The number of carbonyl (C=O) groups excluding carboxylic acids is 1. The zero-order valence-corrected chi connectivity index (χ0v) is 17.8. The maximum Gasteiger partial charge on any atom is 0.217 e. The van der Waals surface area contributed by atoms with E-state index in [-0.39, 0.29) is 5.91 Å². The first-order chi connectivity index (χ1) is 14.7. The van der Waals surface area contributed by atoms with E-state index in [2.05, 4.69) is 64.1 Å². The fraction of sp³-hybridized carbons (Fsp3) is 0.440. The monoisotopic (exact) mass is 404 g/mol. The normalized spacial score (nSPS) is 20.7. The van der Waals surface area contributed by atoms with E-state index >= 15 is 0 Å². The average molecular weight is 405 g/mol. The van der Waals surface area contributed by atoms with Crippen LogP contribution >= 0.6 is 0 Å². The minimum absolute atomic E-state index is 0.00647. The molecule has 1 aromatic carbocycles. The molecule has 2 heterocycles. The lowest BCUT2D eigenvalue weighted by Crippen LogP contribution is -2.46. The van der Waals surface area contributed by atoms with Crippen molar-refractivity contribution in [3.8, 4) is 0 Å². The van der Waals surface area contributed by atoms with E-state index < -0.39 is 0 Å². The molecule has 2 atom stereocenters. The van der Waals surface area contributed by atoms with Crippen LogP contribution in [-0.2, 0) is 24.2 Å². The van der Waals surface area contributed by atoms with E-state index in [0.29, 0.717) is 18.6 Å². The third-order valence-electron chi connectivity index (χ3n) is 6.20. The topological polar surface area (TPSA) is 57.3 Å². The predicted molar refractivity (Wildman–Crippen MR) is 120 cm³/mol. The number of carbonyl (C=O) groups is 1. The van der Waals surface area contributed by atoms with Gasteiger partial charge < -0.3 is 10.6 Å². The highest BCUT2D eigenvalue weighted by Crippen LogP contribution is 2.33. The smallest absolute Gasteiger partial charge is 0.217 e. The van der Waals surface area contributed by atoms with Crippen molar-refractivity contribution >= 4 is 5.91 Å². The lowest BCUT2D eigenvalue weighted by molar-refractivity contribution is -0.118. The first-order valence-electron chi connectivity index (χ1n) is 11.1. The fourth-order valence-electron chi connectivity index (χ4n) is 4.70. The van der Waals surface area contributed by atoms with Gasteiger partial charge in [0.25, 0.3) is 0 Å². The minimum atomic E-state index is 0.00647. The largest absolute Gasteiger partial charge is 0.353 e. The molecule has 1 aliphatic heterocycles. The van der Waals surface area contributed by atoms with Gasteiger partial charge in [0.05, 0.1) is 11.7 Å². The van der Waals surface area contributed by atoms with E-state index in [4.69, 9.17) is 4.98 Å². The number of fused-ring (bicyclic) bond motifs is 2. The molecule has 1 aromatic heterocycles. The van der Waals surface area contributed by atoms with Gasteiger partial charge in [-0.3, -0.25) is 14.7 Å². The minimum Gasteiger partial charge on any atom is -0.353 e. The Kier molecular flexibility index (Phi) is 6.92. The number of aryl methyl sites for hydroxylation is 1. The van der Waals surface area contributed by atoms with Gasteiger partial charge in [0.2, 0.25) is 5.91 Å². The van der Waals surface area contributed by atoms with Crippen LogP contribution in [0.1, 0.15) is 48.2 Å². The second-order valence-corrected chi connectivity index (χ2v) is 8.37. The van der Waals surface area contributed by atoms with Gasteiger partial charge in [0, 0.05) is 45.3 Å². The van der Waals surface area contributed by atoms with Gasteiger partial charge >= 0.3 is 0 Å². The molecule has 0 saturated carbocycles. The van der Waals surface area contributed by atoms with Crippen molar-refractivity contribution in [1.82, 2.24) is 20.5 Å².